The van der Waals surface area contributed by atoms with Gasteiger partial charge in [-0.1, -0.05) is 27.7 Å². The molecule has 1 heterocycles. The molecule has 1 rings (SSSR count). The maximum atomic E-state index is 8.56. The first kappa shape index (κ1) is 15.6. The molecule has 0 saturated heterocycles. The molecular formula is C11H24N2O. The molecular weight excluding hydrogens is 176 g/mol. The number of hydrogen-bond acceptors (Lipinski definition) is 2. The monoisotopic (exact) mass is 200 g/mol. The SMILES string of the molecule is CC.CC.Cc1cn(CCO)nc1C. The molecule has 0 aliphatic heterocycles. The molecule has 0 aliphatic rings. The van der Waals surface area contributed by atoms with Gasteiger partial charge in [0, 0.05) is 6.20 Å². The summed E-state index contributed by atoms with van der Waals surface area (Å²) >= 11 is 0. The Morgan fingerprint density at radius 2 is 1.71 bits per heavy atom. The molecule has 0 amide bonds. The maximum Gasteiger partial charge on any atom is 0.0641 e. The van der Waals surface area contributed by atoms with Crippen LogP contribution in [-0.2, 0) is 6.54 Å². The minimum atomic E-state index is 0.153. The smallest absolute Gasteiger partial charge is 0.0641 e. The van der Waals surface area contributed by atoms with Crippen molar-refractivity contribution in [2.75, 3.05) is 6.61 Å². The number of hydrogen-bond donors (Lipinski definition) is 1. The molecule has 0 aromatic carbocycles. The predicted molar refractivity (Wildman–Crippen MR) is 61.5 cm³/mol. The Morgan fingerprint density at radius 3 is 2.00 bits per heavy atom. The zero-order valence-corrected chi connectivity index (χ0v) is 10.3. The van der Waals surface area contributed by atoms with Gasteiger partial charge in [0.15, 0.2) is 0 Å². The fourth-order valence-electron chi connectivity index (χ4n) is 0.834. The Balaban J connectivity index is 0. The van der Waals surface area contributed by atoms with E-state index in [1.807, 2.05) is 47.7 Å². The normalized spacial score (nSPS) is 8.21. The highest BCUT2D eigenvalue weighted by Crippen LogP contribution is 2.01. The van der Waals surface area contributed by atoms with Crippen LogP contribution in [0.1, 0.15) is 39.0 Å². The van der Waals surface area contributed by atoms with E-state index in [0.717, 1.165) is 5.69 Å². The van der Waals surface area contributed by atoms with Crippen LogP contribution >= 0.6 is 0 Å². The third-order valence-electron chi connectivity index (χ3n) is 1.52. The zero-order valence-electron chi connectivity index (χ0n) is 10.3. The highest BCUT2D eigenvalue weighted by atomic mass is 16.3. The van der Waals surface area contributed by atoms with E-state index >= 15 is 0 Å². The topological polar surface area (TPSA) is 38.0 Å². The lowest BCUT2D eigenvalue weighted by Gasteiger charge is -1.93. The summed E-state index contributed by atoms with van der Waals surface area (Å²) < 4.78 is 1.75. The standard InChI is InChI=1S/C7H12N2O.2C2H6/c1-6-5-9(3-4-10)8-7(6)2;2*1-2/h5,10H,3-4H2,1-2H3;2*1-2H3. The second kappa shape index (κ2) is 10.3. The van der Waals surface area contributed by atoms with E-state index in [9.17, 15) is 0 Å². The highest BCUT2D eigenvalue weighted by molar-refractivity contribution is 5.12. The molecule has 0 aliphatic carbocycles. The molecule has 14 heavy (non-hydrogen) atoms. The zero-order chi connectivity index (χ0) is 11.6. The number of aryl methyl sites for hydroxylation is 2. The van der Waals surface area contributed by atoms with Crippen molar-refractivity contribution in [1.82, 2.24) is 9.78 Å². The van der Waals surface area contributed by atoms with Gasteiger partial charge >= 0.3 is 0 Å². The molecule has 1 N–H and O–H groups in total. The van der Waals surface area contributed by atoms with Gasteiger partial charge in [-0.3, -0.25) is 4.68 Å². The lowest BCUT2D eigenvalue weighted by Crippen LogP contribution is -2.02. The molecule has 0 spiro atoms. The maximum absolute atomic E-state index is 8.56. The van der Waals surface area contributed by atoms with Crippen LogP contribution in [0.5, 0.6) is 0 Å². The summed E-state index contributed by atoms with van der Waals surface area (Å²) in [5, 5.41) is 12.7. The number of aliphatic hydroxyl groups is 1. The van der Waals surface area contributed by atoms with E-state index < -0.39 is 0 Å². The summed E-state index contributed by atoms with van der Waals surface area (Å²) in [7, 11) is 0. The Bertz CT molecular complexity index is 200. The summed E-state index contributed by atoms with van der Waals surface area (Å²) in [6.45, 7) is 12.7. The average molecular weight is 200 g/mol. The van der Waals surface area contributed by atoms with Crippen LogP contribution in [0.2, 0.25) is 0 Å². The van der Waals surface area contributed by atoms with E-state index in [-0.39, 0.29) is 6.61 Å². The van der Waals surface area contributed by atoms with Crippen LogP contribution in [0.25, 0.3) is 0 Å². The van der Waals surface area contributed by atoms with Crippen LogP contribution < -0.4 is 0 Å². The highest BCUT2D eigenvalue weighted by Gasteiger charge is 1.97. The molecule has 1 aromatic heterocycles. The first-order chi connectivity index (χ1) is 6.74. The molecule has 0 unspecified atom stereocenters. The molecule has 0 bridgehead atoms. The van der Waals surface area contributed by atoms with Crippen molar-refractivity contribution in [3.63, 3.8) is 0 Å². The summed E-state index contributed by atoms with van der Waals surface area (Å²) in [6, 6.07) is 0. The Hall–Kier alpha value is -0.830. The van der Waals surface area contributed by atoms with Crippen LogP contribution in [0.4, 0.5) is 0 Å². The summed E-state index contributed by atoms with van der Waals surface area (Å²) in [6.07, 6.45) is 1.94. The summed E-state index contributed by atoms with van der Waals surface area (Å²) in [5.74, 6) is 0. The number of aliphatic hydroxyl groups excluding tert-OH is 1. The third-order valence-corrected chi connectivity index (χ3v) is 1.52. The molecule has 0 fully saturated rings. The molecule has 0 atom stereocenters. The Morgan fingerprint density at radius 1 is 1.21 bits per heavy atom. The Kier molecular flexibility index (Phi) is 11.4. The first-order valence-corrected chi connectivity index (χ1v) is 5.35. The summed E-state index contributed by atoms with van der Waals surface area (Å²) in [4.78, 5) is 0. The molecule has 84 valence electrons. The van der Waals surface area contributed by atoms with Gasteiger partial charge in [0.2, 0.25) is 0 Å². The van der Waals surface area contributed by atoms with Crippen molar-refractivity contribution in [1.29, 1.82) is 0 Å². The lowest BCUT2D eigenvalue weighted by molar-refractivity contribution is 0.269. The van der Waals surface area contributed by atoms with Crippen LogP contribution in [0.15, 0.2) is 6.20 Å². The Labute approximate surface area is 87.8 Å². The number of rotatable bonds is 2. The van der Waals surface area contributed by atoms with E-state index in [1.54, 1.807) is 4.68 Å². The number of nitrogens with zero attached hydrogens (tertiary/aromatic N) is 2. The summed E-state index contributed by atoms with van der Waals surface area (Å²) in [5.41, 5.74) is 2.21. The van der Waals surface area contributed by atoms with Crippen molar-refractivity contribution in [3.8, 4) is 0 Å². The van der Waals surface area contributed by atoms with E-state index in [4.69, 9.17) is 5.11 Å². The fourth-order valence-corrected chi connectivity index (χ4v) is 0.834. The van der Waals surface area contributed by atoms with E-state index in [1.165, 1.54) is 5.56 Å². The molecule has 1 aromatic rings. The molecule has 3 heteroatoms. The van der Waals surface area contributed by atoms with Crippen LogP contribution in [0, 0.1) is 13.8 Å². The minimum absolute atomic E-state index is 0.153. The predicted octanol–water partition coefficient (Wildman–Crippen LogP) is 2.54. The van der Waals surface area contributed by atoms with Crippen molar-refractivity contribution < 1.29 is 5.11 Å². The van der Waals surface area contributed by atoms with E-state index in [0.29, 0.717) is 6.54 Å². The third kappa shape index (κ3) is 5.75. The first-order valence-electron chi connectivity index (χ1n) is 5.35. The van der Waals surface area contributed by atoms with Crippen LogP contribution in [-0.4, -0.2) is 21.5 Å². The fraction of sp³-hybridized carbons (Fsp3) is 0.727. The van der Waals surface area contributed by atoms with Gasteiger partial charge in [-0.2, -0.15) is 5.10 Å². The van der Waals surface area contributed by atoms with Crippen molar-refractivity contribution in [3.05, 3.63) is 17.5 Å². The quantitative estimate of drug-likeness (QED) is 0.796. The van der Waals surface area contributed by atoms with Crippen LogP contribution in [0.3, 0.4) is 0 Å². The average Bonchev–Trinajstić information content (AvgIpc) is 2.53. The van der Waals surface area contributed by atoms with Gasteiger partial charge in [-0.25, -0.2) is 0 Å². The van der Waals surface area contributed by atoms with Gasteiger partial charge in [0.1, 0.15) is 0 Å². The second-order valence-corrected chi connectivity index (χ2v) is 2.38. The van der Waals surface area contributed by atoms with Gasteiger partial charge in [0.25, 0.3) is 0 Å². The van der Waals surface area contributed by atoms with Gasteiger partial charge in [-0.05, 0) is 19.4 Å². The lowest BCUT2D eigenvalue weighted by atomic mass is 10.3. The number of aromatic nitrogens is 2. The van der Waals surface area contributed by atoms with Gasteiger partial charge < -0.3 is 5.11 Å². The largest absolute Gasteiger partial charge is 0.394 e. The van der Waals surface area contributed by atoms with Crippen molar-refractivity contribution in [2.24, 2.45) is 0 Å². The molecule has 0 radical (unpaired) electrons. The van der Waals surface area contributed by atoms with Gasteiger partial charge in [0.05, 0.1) is 18.8 Å². The molecule has 3 nitrogen and oxygen atoms in total. The molecule has 0 saturated carbocycles. The second-order valence-electron chi connectivity index (χ2n) is 2.38. The van der Waals surface area contributed by atoms with Crippen molar-refractivity contribution in [2.45, 2.75) is 48.1 Å². The van der Waals surface area contributed by atoms with Crippen molar-refractivity contribution >= 4 is 0 Å². The van der Waals surface area contributed by atoms with E-state index in [2.05, 4.69) is 5.10 Å². The van der Waals surface area contributed by atoms with Gasteiger partial charge in [-0.15, -0.1) is 0 Å². The minimum Gasteiger partial charge on any atom is -0.394 e.